The van der Waals surface area contributed by atoms with Gasteiger partial charge in [0.15, 0.2) is 11.5 Å². The number of ether oxygens (including phenoxy) is 3. The summed E-state index contributed by atoms with van der Waals surface area (Å²) in [6.45, 7) is 7.25. The first-order valence-corrected chi connectivity index (χ1v) is 9.09. The zero-order valence-corrected chi connectivity index (χ0v) is 14.9. The van der Waals surface area contributed by atoms with Gasteiger partial charge in [-0.25, -0.2) is 0 Å². The molecule has 2 heterocycles. The molecule has 0 saturated carbocycles. The van der Waals surface area contributed by atoms with Gasteiger partial charge in [0.05, 0.1) is 12.6 Å². The van der Waals surface area contributed by atoms with E-state index in [9.17, 15) is 0 Å². The van der Waals surface area contributed by atoms with Crippen LogP contribution in [0.2, 0.25) is 0 Å². The lowest BCUT2D eigenvalue weighted by atomic mass is 9.89. The van der Waals surface area contributed by atoms with Crippen LogP contribution in [-0.4, -0.2) is 26.4 Å². The molecule has 2 aromatic rings. The van der Waals surface area contributed by atoms with E-state index in [0.717, 1.165) is 36.8 Å². The number of benzene rings is 2. The van der Waals surface area contributed by atoms with E-state index >= 15 is 0 Å². The molecule has 4 heteroatoms. The topological polar surface area (TPSA) is 39.7 Å². The first kappa shape index (κ1) is 16.3. The Morgan fingerprint density at radius 3 is 2.72 bits per heavy atom. The fraction of sp³-hybridized carbons (Fsp3) is 0.429. The molecule has 0 radical (unpaired) electrons. The molecule has 4 nitrogen and oxygen atoms in total. The van der Waals surface area contributed by atoms with Crippen LogP contribution in [0.5, 0.6) is 17.2 Å². The maximum Gasteiger partial charge on any atom is 0.161 e. The van der Waals surface area contributed by atoms with Crippen LogP contribution in [0, 0.1) is 5.92 Å². The van der Waals surface area contributed by atoms with Crippen molar-refractivity contribution in [2.45, 2.75) is 26.3 Å². The monoisotopic (exact) mass is 339 g/mol. The normalized spacial score (nSPS) is 18.8. The molecule has 1 unspecified atom stereocenters. The predicted molar refractivity (Wildman–Crippen MR) is 97.8 cm³/mol. The average molecular weight is 339 g/mol. The second-order valence-corrected chi connectivity index (χ2v) is 7.11. The van der Waals surface area contributed by atoms with Gasteiger partial charge >= 0.3 is 0 Å². The van der Waals surface area contributed by atoms with Gasteiger partial charge < -0.3 is 19.5 Å². The van der Waals surface area contributed by atoms with Crippen molar-refractivity contribution in [2.24, 2.45) is 5.92 Å². The number of hydrogen-bond acceptors (Lipinski definition) is 4. The lowest BCUT2D eigenvalue weighted by Gasteiger charge is -2.30. The highest BCUT2D eigenvalue weighted by molar-refractivity contribution is 5.52. The predicted octanol–water partition coefficient (Wildman–Crippen LogP) is 3.73. The zero-order valence-electron chi connectivity index (χ0n) is 14.9. The van der Waals surface area contributed by atoms with E-state index < -0.39 is 0 Å². The Balaban J connectivity index is 1.65. The second kappa shape index (κ2) is 6.96. The molecule has 0 amide bonds. The van der Waals surface area contributed by atoms with Crippen molar-refractivity contribution in [3.8, 4) is 17.2 Å². The molecule has 2 aromatic carbocycles. The zero-order chi connectivity index (χ0) is 17.2. The third-order valence-corrected chi connectivity index (χ3v) is 4.63. The lowest BCUT2D eigenvalue weighted by molar-refractivity contribution is 0.171. The van der Waals surface area contributed by atoms with E-state index in [4.69, 9.17) is 14.2 Å². The van der Waals surface area contributed by atoms with E-state index in [1.165, 1.54) is 16.7 Å². The molecule has 0 bridgehead atoms. The molecular formula is C21H25NO3. The minimum Gasteiger partial charge on any atom is -0.493 e. The Morgan fingerprint density at radius 1 is 1.12 bits per heavy atom. The summed E-state index contributed by atoms with van der Waals surface area (Å²) in [7, 11) is 0. The Bertz CT molecular complexity index is 757. The van der Waals surface area contributed by atoms with Crippen molar-refractivity contribution in [3.05, 3.63) is 53.1 Å². The fourth-order valence-electron chi connectivity index (χ4n) is 3.44. The second-order valence-electron chi connectivity index (χ2n) is 7.11. The smallest absolute Gasteiger partial charge is 0.161 e. The molecule has 0 aliphatic carbocycles. The van der Waals surface area contributed by atoms with E-state index in [2.05, 4.69) is 49.5 Å². The lowest BCUT2D eigenvalue weighted by Crippen LogP contribution is -2.31. The maximum absolute atomic E-state index is 5.90. The Labute approximate surface area is 149 Å². The largest absolute Gasteiger partial charge is 0.493 e. The van der Waals surface area contributed by atoms with E-state index in [1.54, 1.807) is 0 Å². The van der Waals surface area contributed by atoms with Gasteiger partial charge in [-0.1, -0.05) is 26.0 Å². The molecule has 1 atom stereocenters. The third kappa shape index (κ3) is 3.45. The minimum atomic E-state index is 0.155. The van der Waals surface area contributed by atoms with Crippen molar-refractivity contribution in [3.63, 3.8) is 0 Å². The molecule has 2 aliphatic rings. The van der Waals surface area contributed by atoms with Gasteiger partial charge in [-0.15, -0.1) is 0 Å². The first-order valence-electron chi connectivity index (χ1n) is 9.09. The van der Waals surface area contributed by atoms with Gasteiger partial charge in [-0.2, -0.15) is 0 Å². The van der Waals surface area contributed by atoms with Gasteiger partial charge in [0.25, 0.3) is 0 Å². The summed E-state index contributed by atoms with van der Waals surface area (Å²) in [4.78, 5) is 0. The van der Waals surface area contributed by atoms with Crippen LogP contribution >= 0.6 is 0 Å². The van der Waals surface area contributed by atoms with Crippen molar-refractivity contribution < 1.29 is 14.2 Å². The molecular weight excluding hydrogens is 314 g/mol. The quantitative estimate of drug-likeness (QED) is 0.921. The van der Waals surface area contributed by atoms with Crippen LogP contribution in [0.15, 0.2) is 36.4 Å². The highest BCUT2D eigenvalue weighted by atomic mass is 16.6. The van der Waals surface area contributed by atoms with Crippen LogP contribution in [0.25, 0.3) is 0 Å². The molecule has 0 aromatic heterocycles. The van der Waals surface area contributed by atoms with Crippen LogP contribution in [0.1, 0.15) is 36.6 Å². The standard InChI is InChI=1S/C21H25NO3/c1-14(2)13-25-17-5-3-4-16(10-17)21-18-12-20-19(23-8-9-24-20)11-15(18)6-7-22-21/h3-5,10-12,14,21-22H,6-9,13H2,1-2H3. The summed E-state index contributed by atoms with van der Waals surface area (Å²) < 4.78 is 17.4. The van der Waals surface area contributed by atoms with Crippen LogP contribution in [0.4, 0.5) is 0 Å². The van der Waals surface area contributed by atoms with E-state index in [0.29, 0.717) is 19.1 Å². The summed E-state index contributed by atoms with van der Waals surface area (Å²) in [5.41, 5.74) is 3.83. The van der Waals surface area contributed by atoms with Crippen molar-refractivity contribution in [1.82, 2.24) is 5.32 Å². The number of rotatable bonds is 4. The number of fused-ring (bicyclic) bond motifs is 2. The third-order valence-electron chi connectivity index (χ3n) is 4.63. The summed E-state index contributed by atoms with van der Waals surface area (Å²) in [6.07, 6.45) is 1.01. The number of nitrogens with one attached hydrogen (secondary N) is 1. The Kier molecular flexibility index (Phi) is 4.53. The molecule has 25 heavy (non-hydrogen) atoms. The van der Waals surface area contributed by atoms with E-state index in [1.807, 2.05) is 6.07 Å². The van der Waals surface area contributed by atoms with Crippen molar-refractivity contribution in [2.75, 3.05) is 26.4 Å². The molecule has 0 saturated heterocycles. The summed E-state index contributed by atoms with van der Waals surface area (Å²) in [5.74, 6) is 3.17. The van der Waals surface area contributed by atoms with Gasteiger partial charge in [0.2, 0.25) is 0 Å². The molecule has 1 N–H and O–H groups in total. The Morgan fingerprint density at radius 2 is 1.92 bits per heavy atom. The van der Waals surface area contributed by atoms with Gasteiger partial charge in [0.1, 0.15) is 19.0 Å². The molecule has 2 aliphatic heterocycles. The fourth-order valence-corrected chi connectivity index (χ4v) is 3.44. The average Bonchev–Trinajstić information content (AvgIpc) is 2.64. The van der Waals surface area contributed by atoms with Gasteiger partial charge in [0, 0.05) is 6.54 Å². The number of hydrogen-bond donors (Lipinski definition) is 1. The van der Waals surface area contributed by atoms with Crippen molar-refractivity contribution >= 4 is 0 Å². The van der Waals surface area contributed by atoms with Gasteiger partial charge in [-0.3, -0.25) is 0 Å². The summed E-state index contributed by atoms with van der Waals surface area (Å²) >= 11 is 0. The highest BCUT2D eigenvalue weighted by Gasteiger charge is 2.25. The van der Waals surface area contributed by atoms with Crippen LogP contribution in [0.3, 0.4) is 0 Å². The van der Waals surface area contributed by atoms with Crippen LogP contribution in [-0.2, 0) is 6.42 Å². The summed E-state index contributed by atoms with van der Waals surface area (Å²) in [5, 5.41) is 3.64. The van der Waals surface area contributed by atoms with E-state index in [-0.39, 0.29) is 6.04 Å². The van der Waals surface area contributed by atoms with Crippen molar-refractivity contribution in [1.29, 1.82) is 0 Å². The molecule has 0 fully saturated rings. The summed E-state index contributed by atoms with van der Waals surface area (Å²) in [6, 6.07) is 12.8. The molecule has 132 valence electrons. The highest BCUT2D eigenvalue weighted by Crippen LogP contribution is 2.39. The van der Waals surface area contributed by atoms with Gasteiger partial charge in [-0.05, 0) is 53.3 Å². The first-order chi connectivity index (χ1) is 12.2. The minimum absolute atomic E-state index is 0.155. The SMILES string of the molecule is CC(C)COc1cccc(C2NCCc3cc4c(cc32)OCCO4)c1. The molecule has 4 rings (SSSR count). The Hall–Kier alpha value is -2.20. The molecule has 0 spiro atoms. The van der Waals surface area contributed by atoms with Crippen LogP contribution < -0.4 is 19.5 Å². The maximum atomic E-state index is 5.90.